The minimum absolute atomic E-state index is 0.145. The molecule has 0 atom stereocenters. The highest BCUT2D eigenvalue weighted by molar-refractivity contribution is 6.06. The van der Waals surface area contributed by atoms with Gasteiger partial charge in [0, 0.05) is 23.1 Å². The molecule has 0 aliphatic carbocycles. The molecule has 0 fully saturated rings. The van der Waals surface area contributed by atoms with Crippen molar-refractivity contribution in [2.75, 3.05) is 12.4 Å². The molecular formula is C19H18N2O2. The van der Waals surface area contributed by atoms with Crippen molar-refractivity contribution in [2.45, 2.75) is 6.54 Å². The van der Waals surface area contributed by atoms with Gasteiger partial charge in [0.1, 0.15) is 11.4 Å². The molecule has 1 amide bonds. The van der Waals surface area contributed by atoms with E-state index < -0.39 is 0 Å². The highest BCUT2D eigenvalue weighted by atomic mass is 16.5. The summed E-state index contributed by atoms with van der Waals surface area (Å²) in [4.78, 5) is 12.6. The van der Waals surface area contributed by atoms with E-state index >= 15 is 0 Å². The zero-order valence-corrected chi connectivity index (χ0v) is 13.0. The van der Waals surface area contributed by atoms with Gasteiger partial charge >= 0.3 is 0 Å². The van der Waals surface area contributed by atoms with E-state index in [1.54, 1.807) is 13.2 Å². The Bertz CT molecular complexity index is 847. The Kier molecular flexibility index (Phi) is 4.15. The molecule has 0 spiro atoms. The number of fused-ring (bicyclic) bond motifs is 1. The monoisotopic (exact) mass is 306 g/mol. The van der Waals surface area contributed by atoms with E-state index in [0.717, 1.165) is 22.3 Å². The van der Waals surface area contributed by atoms with E-state index in [0.29, 0.717) is 12.2 Å². The van der Waals surface area contributed by atoms with Crippen LogP contribution in [0.25, 0.3) is 10.9 Å². The maximum absolute atomic E-state index is 12.6. The Labute approximate surface area is 135 Å². The van der Waals surface area contributed by atoms with Crippen molar-refractivity contribution >= 4 is 22.5 Å². The van der Waals surface area contributed by atoms with Crippen LogP contribution < -0.4 is 10.1 Å². The summed E-state index contributed by atoms with van der Waals surface area (Å²) in [6.07, 6.45) is 1.79. The van der Waals surface area contributed by atoms with Gasteiger partial charge in [-0.15, -0.1) is 6.58 Å². The van der Waals surface area contributed by atoms with Crippen LogP contribution in [-0.4, -0.2) is 17.6 Å². The van der Waals surface area contributed by atoms with Crippen LogP contribution >= 0.6 is 0 Å². The number of rotatable bonds is 5. The highest BCUT2D eigenvalue weighted by Crippen LogP contribution is 2.22. The van der Waals surface area contributed by atoms with Crippen LogP contribution in [0.2, 0.25) is 0 Å². The molecule has 2 aromatic carbocycles. The molecule has 1 N–H and O–H groups in total. The quantitative estimate of drug-likeness (QED) is 0.722. The van der Waals surface area contributed by atoms with Crippen molar-refractivity contribution in [3.05, 3.63) is 72.9 Å². The first-order valence-electron chi connectivity index (χ1n) is 7.37. The number of amides is 1. The summed E-state index contributed by atoms with van der Waals surface area (Å²) in [7, 11) is 1.61. The first-order valence-corrected chi connectivity index (χ1v) is 7.37. The number of carbonyl (C=O) groups excluding carboxylic acids is 1. The molecule has 0 saturated heterocycles. The van der Waals surface area contributed by atoms with E-state index in [9.17, 15) is 4.79 Å². The predicted octanol–water partition coefficient (Wildman–Crippen LogP) is 4.09. The van der Waals surface area contributed by atoms with Crippen molar-refractivity contribution in [1.29, 1.82) is 0 Å². The minimum atomic E-state index is -0.145. The van der Waals surface area contributed by atoms with E-state index in [4.69, 9.17) is 4.74 Å². The lowest BCUT2D eigenvalue weighted by molar-refractivity contribution is 0.101. The molecule has 3 rings (SSSR count). The highest BCUT2D eigenvalue weighted by Gasteiger charge is 2.14. The van der Waals surface area contributed by atoms with Crippen LogP contribution in [0.4, 0.5) is 5.69 Å². The number of ether oxygens (including phenoxy) is 1. The van der Waals surface area contributed by atoms with Gasteiger partial charge in [0.25, 0.3) is 5.91 Å². The average Bonchev–Trinajstić information content (AvgIpc) is 2.95. The zero-order valence-electron chi connectivity index (χ0n) is 13.0. The second-order valence-electron chi connectivity index (χ2n) is 5.17. The molecule has 4 nitrogen and oxygen atoms in total. The van der Waals surface area contributed by atoms with Crippen LogP contribution in [-0.2, 0) is 6.54 Å². The van der Waals surface area contributed by atoms with Crippen molar-refractivity contribution in [3.63, 3.8) is 0 Å². The molecule has 4 heteroatoms. The lowest BCUT2D eigenvalue weighted by Gasteiger charge is -2.09. The second kappa shape index (κ2) is 6.40. The number of allylic oxidation sites excluding steroid dienone is 1. The predicted molar refractivity (Wildman–Crippen MR) is 93.1 cm³/mol. The third kappa shape index (κ3) is 2.97. The minimum Gasteiger partial charge on any atom is -0.497 e. The van der Waals surface area contributed by atoms with Crippen molar-refractivity contribution < 1.29 is 9.53 Å². The first kappa shape index (κ1) is 14.9. The largest absolute Gasteiger partial charge is 0.497 e. The first-order chi connectivity index (χ1) is 11.2. The van der Waals surface area contributed by atoms with Gasteiger partial charge < -0.3 is 14.6 Å². The van der Waals surface area contributed by atoms with Gasteiger partial charge in [-0.2, -0.15) is 0 Å². The van der Waals surface area contributed by atoms with Gasteiger partial charge in [-0.1, -0.05) is 24.3 Å². The number of carbonyl (C=O) groups is 1. The van der Waals surface area contributed by atoms with Gasteiger partial charge in [-0.3, -0.25) is 4.79 Å². The number of para-hydroxylation sites is 1. The summed E-state index contributed by atoms with van der Waals surface area (Å²) in [5, 5.41) is 3.96. The maximum Gasteiger partial charge on any atom is 0.272 e. The number of nitrogens with zero attached hydrogens (tertiary/aromatic N) is 1. The van der Waals surface area contributed by atoms with Crippen LogP contribution in [0.15, 0.2) is 67.3 Å². The molecule has 116 valence electrons. The third-order valence-corrected chi connectivity index (χ3v) is 3.70. The lowest BCUT2D eigenvalue weighted by Crippen LogP contribution is -2.16. The van der Waals surface area contributed by atoms with Crippen LogP contribution in [0.5, 0.6) is 5.75 Å². The molecule has 0 aliphatic rings. The molecule has 1 aromatic heterocycles. The third-order valence-electron chi connectivity index (χ3n) is 3.70. The maximum atomic E-state index is 12.6. The Hall–Kier alpha value is -3.01. The molecule has 0 saturated carbocycles. The van der Waals surface area contributed by atoms with Gasteiger partial charge in [-0.25, -0.2) is 0 Å². The zero-order chi connectivity index (χ0) is 16.2. The van der Waals surface area contributed by atoms with Crippen molar-refractivity contribution in [3.8, 4) is 5.75 Å². The van der Waals surface area contributed by atoms with Gasteiger partial charge in [0.05, 0.1) is 7.11 Å². The number of hydrogen-bond acceptors (Lipinski definition) is 2. The second-order valence-corrected chi connectivity index (χ2v) is 5.17. The molecule has 1 heterocycles. The fourth-order valence-corrected chi connectivity index (χ4v) is 2.59. The Morgan fingerprint density at radius 2 is 1.96 bits per heavy atom. The van der Waals surface area contributed by atoms with Gasteiger partial charge in [-0.05, 0) is 36.4 Å². The lowest BCUT2D eigenvalue weighted by atomic mass is 10.2. The van der Waals surface area contributed by atoms with Gasteiger partial charge in [0.15, 0.2) is 0 Å². The molecule has 0 unspecified atom stereocenters. The standard InChI is InChI=1S/C19H18N2O2/c1-3-12-21-17-7-5-4-6-14(17)13-18(21)19(22)20-15-8-10-16(23-2)11-9-15/h3-11,13H,1,12H2,2H3,(H,20,22). The Balaban J connectivity index is 1.93. The van der Waals surface area contributed by atoms with E-state index in [2.05, 4.69) is 11.9 Å². The number of hydrogen-bond donors (Lipinski definition) is 1. The molecule has 0 bridgehead atoms. The Morgan fingerprint density at radius 1 is 1.22 bits per heavy atom. The molecule has 3 aromatic rings. The van der Waals surface area contributed by atoms with E-state index in [1.165, 1.54) is 0 Å². The van der Waals surface area contributed by atoms with Gasteiger partial charge in [0.2, 0.25) is 0 Å². The molecule has 23 heavy (non-hydrogen) atoms. The van der Waals surface area contributed by atoms with E-state index in [-0.39, 0.29) is 5.91 Å². The number of aromatic nitrogens is 1. The molecule has 0 aliphatic heterocycles. The summed E-state index contributed by atoms with van der Waals surface area (Å²) in [5.41, 5.74) is 2.36. The van der Waals surface area contributed by atoms with Crippen LogP contribution in [0.3, 0.4) is 0 Å². The van der Waals surface area contributed by atoms with Crippen LogP contribution in [0.1, 0.15) is 10.5 Å². The summed E-state index contributed by atoms with van der Waals surface area (Å²) >= 11 is 0. The number of anilines is 1. The molecular weight excluding hydrogens is 288 g/mol. The normalized spacial score (nSPS) is 10.5. The number of methoxy groups -OCH3 is 1. The summed E-state index contributed by atoms with van der Waals surface area (Å²) in [6.45, 7) is 4.36. The fourth-order valence-electron chi connectivity index (χ4n) is 2.59. The summed E-state index contributed by atoms with van der Waals surface area (Å²) in [6, 6.07) is 17.1. The van der Waals surface area contributed by atoms with E-state index in [1.807, 2.05) is 59.2 Å². The van der Waals surface area contributed by atoms with Crippen molar-refractivity contribution in [2.24, 2.45) is 0 Å². The topological polar surface area (TPSA) is 43.3 Å². The summed E-state index contributed by atoms with van der Waals surface area (Å²) in [5.74, 6) is 0.608. The van der Waals surface area contributed by atoms with Crippen LogP contribution in [0, 0.1) is 0 Å². The summed E-state index contributed by atoms with van der Waals surface area (Å²) < 4.78 is 7.08. The average molecular weight is 306 g/mol. The molecule has 0 radical (unpaired) electrons. The number of benzene rings is 2. The number of nitrogens with one attached hydrogen (secondary N) is 1. The van der Waals surface area contributed by atoms with Crippen molar-refractivity contribution in [1.82, 2.24) is 4.57 Å². The smallest absolute Gasteiger partial charge is 0.272 e. The fraction of sp³-hybridized carbons (Fsp3) is 0.105. The Morgan fingerprint density at radius 3 is 2.65 bits per heavy atom. The SMILES string of the molecule is C=CCn1c(C(=O)Nc2ccc(OC)cc2)cc2ccccc21.